The Morgan fingerprint density at radius 3 is 2.96 bits per heavy atom. The molecule has 1 aliphatic heterocycles. The third-order valence-corrected chi connectivity index (χ3v) is 4.22. The zero-order valence-corrected chi connectivity index (χ0v) is 12.7. The largest absolute Gasteiger partial charge is 0.459 e. The summed E-state index contributed by atoms with van der Waals surface area (Å²) in [5.74, 6) is 0.0903. The van der Waals surface area contributed by atoms with Crippen molar-refractivity contribution in [1.82, 2.24) is 14.3 Å². The number of furan rings is 1. The fourth-order valence-corrected chi connectivity index (χ4v) is 2.98. The van der Waals surface area contributed by atoms with Crippen LogP contribution in [-0.2, 0) is 13.0 Å². The number of carbonyl (C=O) groups is 1. The molecule has 23 heavy (non-hydrogen) atoms. The highest BCUT2D eigenvalue weighted by Crippen LogP contribution is 2.18. The Balaban J connectivity index is 1.78. The number of hydrogen-bond acceptors (Lipinski definition) is 4. The predicted molar refractivity (Wildman–Crippen MR) is 83.4 cm³/mol. The zero-order chi connectivity index (χ0) is 16.0. The Kier molecular flexibility index (Phi) is 3.04. The maximum Gasteiger partial charge on any atom is 0.289 e. The first-order valence-electron chi connectivity index (χ1n) is 7.47. The van der Waals surface area contributed by atoms with E-state index in [2.05, 4.69) is 4.98 Å². The molecule has 116 valence electrons. The molecule has 0 aromatic carbocycles. The molecule has 0 aliphatic carbocycles. The van der Waals surface area contributed by atoms with Crippen molar-refractivity contribution in [2.24, 2.45) is 0 Å². The SMILES string of the molecule is Cc1cccn2c(=O)c3c(nc12)CCN(C(=O)c1ccco1)C3. The van der Waals surface area contributed by atoms with Gasteiger partial charge in [-0.25, -0.2) is 4.98 Å². The van der Waals surface area contributed by atoms with E-state index in [0.717, 1.165) is 11.3 Å². The molecule has 0 atom stereocenters. The lowest BCUT2D eigenvalue weighted by Gasteiger charge is -2.27. The van der Waals surface area contributed by atoms with E-state index in [1.165, 1.54) is 6.26 Å². The molecule has 3 aromatic heterocycles. The third-order valence-electron chi connectivity index (χ3n) is 4.22. The highest BCUT2D eigenvalue weighted by molar-refractivity contribution is 5.91. The number of aromatic nitrogens is 2. The Labute approximate surface area is 132 Å². The highest BCUT2D eigenvalue weighted by Gasteiger charge is 2.27. The van der Waals surface area contributed by atoms with Gasteiger partial charge in [0.1, 0.15) is 5.65 Å². The van der Waals surface area contributed by atoms with E-state index in [4.69, 9.17) is 4.42 Å². The maximum atomic E-state index is 12.7. The van der Waals surface area contributed by atoms with Gasteiger partial charge in [0.15, 0.2) is 5.76 Å². The second kappa shape index (κ2) is 5.08. The summed E-state index contributed by atoms with van der Waals surface area (Å²) in [7, 11) is 0. The molecule has 0 bridgehead atoms. The number of nitrogens with zero attached hydrogens (tertiary/aromatic N) is 3. The van der Waals surface area contributed by atoms with Crippen molar-refractivity contribution in [1.29, 1.82) is 0 Å². The smallest absolute Gasteiger partial charge is 0.289 e. The molecule has 3 aromatic rings. The quantitative estimate of drug-likeness (QED) is 0.687. The first kappa shape index (κ1) is 13.8. The Morgan fingerprint density at radius 2 is 2.17 bits per heavy atom. The molecule has 4 heterocycles. The topological polar surface area (TPSA) is 67.8 Å². The van der Waals surface area contributed by atoms with Crippen molar-refractivity contribution >= 4 is 11.6 Å². The van der Waals surface area contributed by atoms with Crippen LogP contribution in [0.25, 0.3) is 5.65 Å². The molecule has 4 rings (SSSR count). The average molecular weight is 309 g/mol. The number of fused-ring (bicyclic) bond motifs is 2. The number of rotatable bonds is 1. The summed E-state index contributed by atoms with van der Waals surface area (Å²) in [4.78, 5) is 31.4. The summed E-state index contributed by atoms with van der Waals surface area (Å²) in [6.45, 7) is 2.72. The minimum absolute atomic E-state index is 0.106. The van der Waals surface area contributed by atoms with Crippen LogP contribution in [0, 0.1) is 6.92 Å². The van der Waals surface area contributed by atoms with E-state index in [0.29, 0.717) is 24.2 Å². The molecule has 0 spiro atoms. The van der Waals surface area contributed by atoms with Gasteiger partial charge in [0.25, 0.3) is 11.5 Å². The van der Waals surface area contributed by atoms with Crippen LogP contribution >= 0.6 is 0 Å². The van der Waals surface area contributed by atoms with Gasteiger partial charge < -0.3 is 9.32 Å². The molecule has 0 N–H and O–H groups in total. The fourth-order valence-electron chi connectivity index (χ4n) is 2.98. The zero-order valence-electron chi connectivity index (χ0n) is 12.7. The van der Waals surface area contributed by atoms with E-state index in [-0.39, 0.29) is 23.8 Å². The van der Waals surface area contributed by atoms with Gasteiger partial charge in [-0.15, -0.1) is 0 Å². The van der Waals surface area contributed by atoms with Crippen LogP contribution in [0.2, 0.25) is 0 Å². The predicted octanol–water partition coefficient (Wildman–Crippen LogP) is 1.79. The molecule has 1 amide bonds. The summed E-state index contributed by atoms with van der Waals surface area (Å²) in [5, 5.41) is 0. The molecule has 0 radical (unpaired) electrons. The van der Waals surface area contributed by atoms with Crippen molar-refractivity contribution in [3.05, 3.63) is 69.7 Å². The van der Waals surface area contributed by atoms with Crippen molar-refractivity contribution in [2.45, 2.75) is 19.9 Å². The normalized spacial score (nSPS) is 14.0. The van der Waals surface area contributed by atoms with E-state index in [1.807, 2.05) is 19.1 Å². The van der Waals surface area contributed by atoms with E-state index >= 15 is 0 Å². The lowest BCUT2D eigenvalue weighted by Crippen LogP contribution is -2.40. The molecular weight excluding hydrogens is 294 g/mol. The van der Waals surface area contributed by atoms with Gasteiger partial charge in [0.2, 0.25) is 0 Å². The fraction of sp³-hybridized carbons (Fsp3) is 0.235. The monoisotopic (exact) mass is 309 g/mol. The Morgan fingerprint density at radius 1 is 1.30 bits per heavy atom. The van der Waals surface area contributed by atoms with E-state index in [9.17, 15) is 9.59 Å². The van der Waals surface area contributed by atoms with Crippen molar-refractivity contribution in [3.8, 4) is 0 Å². The molecule has 0 saturated carbocycles. The lowest BCUT2D eigenvalue weighted by atomic mass is 10.1. The van der Waals surface area contributed by atoms with Crippen molar-refractivity contribution < 1.29 is 9.21 Å². The lowest BCUT2D eigenvalue weighted by molar-refractivity contribution is 0.0700. The van der Waals surface area contributed by atoms with Crippen LogP contribution in [0.4, 0.5) is 0 Å². The summed E-state index contributed by atoms with van der Waals surface area (Å²) in [6, 6.07) is 7.07. The number of hydrogen-bond donors (Lipinski definition) is 0. The van der Waals surface area contributed by atoms with Crippen LogP contribution in [0.1, 0.15) is 27.4 Å². The van der Waals surface area contributed by atoms with Crippen LogP contribution in [0.5, 0.6) is 0 Å². The van der Waals surface area contributed by atoms with Gasteiger partial charge in [-0.1, -0.05) is 6.07 Å². The second-order valence-electron chi connectivity index (χ2n) is 5.68. The first-order chi connectivity index (χ1) is 11.1. The van der Waals surface area contributed by atoms with Crippen LogP contribution in [0.15, 0.2) is 45.9 Å². The summed E-state index contributed by atoms with van der Waals surface area (Å²) in [6.07, 6.45) is 3.75. The number of carbonyl (C=O) groups excluding carboxylic acids is 1. The van der Waals surface area contributed by atoms with Crippen LogP contribution in [0.3, 0.4) is 0 Å². The molecule has 1 aliphatic rings. The first-order valence-corrected chi connectivity index (χ1v) is 7.47. The average Bonchev–Trinajstić information content (AvgIpc) is 3.10. The Bertz CT molecular complexity index is 957. The minimum atomic E-state index is -0.200. The number of amides is 1. The van der Waals surface area contributed by atoms with E-state index in [1.54, 1.807) is 27.6 Å². The Hall–Kier alpha value is -2.89. The van der Waals surface area contributed by atoms with Gasteiger partial charge in [-0.05, 0) is 30.7 Å². The molecule has 6 nitrogen and oxygen atoms in total. The third kappa shape index (κ3) is 2.14. The van der Waals surface area contributed by atoms with Crippen molar-refractivity contribution in [3.63, 3.8) is 0 Å². The minimum Gasteiger partial charge on any atom is -0.459 e. The van der Waals surface area contributed by atoms with Crippen LogP contribution in [-0.4, -0.2) is 26.7 Å². The summed E-state index contributed by atoms with van der Waals surface area (Å²) < 4.78 is 6.71. The second-order valence-corrected chi connectivity index (χ2v) is 5.68. The molecule has 0 fully saturated rings. The highest BCUT2D eigenvalue weighted by atomic mass is 16.3. The van der Waals surface area contributed by atoms with Gasteiger partial charge in [0.05, 0.1) is 24.1 Å². The molecule has 0 saturated heterocycles. The molecular formula is C17H15N3O3. The van der Waals surface area contributed by atoms with Gasteiger partial charge >= 0.3 is 0 Å². The van der Waals surface area contributed by atoms with Crippen LogP contribution < -0.4 is 5.56 Å². The van der Waals surface area contributed by atoms with Gasteiger partial charge in [0, 0.05) is 19.2 Å². The summed E-state index contributed by atoms with van der Waals surface area (Å²) in [5.41, 5.74) is 2.90. The van der Waals surface area contributed by atoms with E-state index < -0.39 is 0 Å². The molecule has 0 unspecified atom stereocenters. The van der Waals surface area contributed by atoms with Crippen molar-refractivity contribution in [2.75, 3.05) is 6.54 Å². The summed E-state index contributed by atoms with van der Waals surface area (Å²) >= 11 is 0. The van der Waals surface area contributed by atoms with Gasteiger partial charge in [-0.2, -0.15) is 0 Å². The van der Waals surface area contributed by atoms with Gasteiger partial charge in [-0.3, -0.25) is 14.0 Å². The molecule has 6 heteroatoms. The number of aryl methyl sites for hydroxylation is 1. The maximum absolute atomic E-state index is 12.7. The number of pyridine rings is 1. The standard InChI is InChI=1S/C17H15N3O3/c1-11-4-2-7-20-15(11)18-13-6-8-19(10-12(13)16(20)21)17(22)14-5-3-9-23-14/h2-5,7,9H,6,8,10H2,1H3.